The molecular weight excluding hydrogens is 558 g/mol. The molecule has 3 aromatic carbocycles. The fraction of sp³-hybridized carbons (Fsp3) is 0.375. The number of carbonyl (C=O) groups excluding carboxylic acids is 2. The van der Waals surface area contributed by atoms with Crippen molar-refractivity contribution in [3.05, 3.63) is 94.5 Å². The number of benzene rings is 3. The van der Waals surface area contributed by atoms with Crippen molar-refractivity contribution in [3.8, 4) is 0 Å². The second-order valence-corrected chi connectivity index (χ2v) is 13.1. The topological polar surface area (TPSA) is 86.8 Å². The zero-order chi connectivity index (χ0) is 29.6. The van der Waals surface area contributed by atoms with E-state index in [9.17, 15) is 18.0 Å². The molecule has 0 radical (unpaired) electrons. The van der Waals surface area contributed by atoms with Gasteiger partial charge in [-0.15, -0.1) is 0 Å². The van der Waals surface area contributed by atoms with E-state index in [0.717, 1.165) is 47.5 Å². The van der Waals surface area contributed by atoms with Gasteiger partial charge in [0, 0.05) is 17.6 Å². The second-order valence-electron chi connectivity index (χ2n) is 10.8. The predicted molar refractivity (Wildman–Crippen MR) is 163 cm³/mol. The van der Waals surface area contributed by atoms with Gasteiger partial charge in [-0.3, -0.25) is 13.9 Å². The number of sulfonamides is 1. The summed E-state index contributed by atoms with van der Waals surface area (Å²) < 4.78 is 29.1. The maximum atomic E-state index is 14.1. The number of amides is 2. The van der Waals surface area contributed by atoms with Gasteiger partial charge in [-0.2, -0.15) is 0 Å². The lowest BCUT2D eigenvalue weighted by Gasteiger charge is -2.33. The van der Waals surface area contributed by atoms with Crippen molar-refractivity contribution < 1.29 is 18.0 Å². The van der Waals surface area contributed by atoms with Crippen LogP contribution in [0.2, 0.25) is 5.02 Å². The molecule has 1 aliphatic carbocycles. The van der Waals surface area contributed by atoms with Crippen molar-refractivity contribution in [2.75, 3.05) is 10.8 Å². The SMILES string of the molecule is Cc1ccc(S(=O)(=O)N(CC(=O)N(Cc2ccc(Cl)cc2)[C@@H](C)C(=O)NC2CCCCC2)c2ccccc2C)cc1. The Hall–Kier alpha value is -3.36. The van der Waals surface area contributed by atoms with E-state index in [2.05, 4.69) is 5.32 Å². The van der Waals surface area contributed by atoms with Crippen molar-refractivity contribution >= 4 is 39.1 Å². The van der Waals surface area contributed by atoms with E-state index in [1.807, 2.05) is 26.0 Å². The molecule has 9 heteroatoms. The largest absolute Gasteiger partial charge is 0.352 e. The molecule has 2 amide bonds. The third-order valence-electron chi connectivity index (χ3n) is 7.66. The van der Waals surface area contributed by atoms with Crippen molar-refractivity contribution in [3.63, 3.8) is 0 Å². The molecule has 1 atom stereocenters. The zero-order valence-corrected chi connectivity index (χ0v) is 25.4. The summed E-state index contributed by atoms with van der Waals surface area (Å²) >= 11 is 6.08. The normalized spacial score (nSPS) is 14.7. The Kier molecular flexibility index (Phi) is 10.1. The molecule has 7 nitrogen and oxygen atoms in total. The lowest BCUT2D eigenvalue weighted by atomic mass is 9.95. The van der Waals surface area contributed by atoms with E-state index < -0.39 is 28.5 Å². The van der Waals surface area contributed by atoms with Crippen LogP contribution < -0.4 is 9.62 Å². The Labute approximate surface area is 248 Å². The van der Waals surface area contributed by atoms with Gasteiger partial charge in [0.25, 0.3) is 10.0 Å². The first-order chi connectivity index (χ1) is 19.6. The Bertz CT molecular complexity index is 1450. The van der Waals surface area contributed by atoms with E-state index in [-0.39, 0.29) is 23.4 Å². The molecule has 0 spiro atoms. The molecule has 0 aromatic heterocycles. The van der Waals surface area contributed by atoms with E-state index in [0.29, 0.717) is 16.3 Å². The Balaban J connectivity index is 1.68. The highest BCUT2D eigenvalue weighted by molar-refractivity contribution is 7.92. The average Bonchev–Trinajstić information content (AvgIpc) is 2.96. The van der Waals surface area contributed by atoms with E-state index in [1.54, 1.807) is 67.6 Å². The summed E-state index contributed by atoms with van der Waals surface area (Å²) in [5.41, 5.74) is 2.83. The minimum atomic E-state index is -4.10. The van der Waals surface area contributed by atoms with Gasteiger partial charge in [0.05, 0.1) is 10.6 Å². The first-order valence-electron chi connectivity index (χ1n) is 14.1. The molecule has 3 aromatic rings. The fourth-order valence-corrected chi connectivity index (χ4v) is 6.74. The Morgan fingerprint density at radius 1 is 0.927 bits per heavy atom. The minimum absolute atomic E-state index is 0.0802. The number of anilines is 1. The fourth-order valence-electron chi connectivity index (χ4n) is 5.13. The number of hydrogen-bond acceptors (Lipinski definition) is 4. The number of aryl methyl sites for hydroxylation is 2. The van der Waals surface area contributed by atoms with Crippen LogP contribution in [0, 0.1) is 13.8 Å². The summed E-state index contributed by atoms with van der Waals surface area (Å²) in [6.45, 7) is 5.05. The van der Waals surface area contributed by atoms with Gasteiger partial charge < -0.3 is 10.2 Å². The molecule has 0 bridgehead atoms. The average molecular weight is 596 g/mol. The summed E-state index contributed by atoms with van der Waals surface area (Å²) in [4.78, 5) is 29.0. The van der Waals surface area contributed by atoms with Crippen LogP contribution in [0.1, 0.15) is 55.7 Å². The smallest absolute Gasteiger partial charge is 0.264 e. The van der Waals surface area contributed by atoms with Gasteiger partial charge in [-0.05, 0) is 75.1 Å². The van der Waals surface area contributed by atoms with Crippen molar-refractivity contribution in [2.24, 2.45) is 0 Å². The van der Waals surface area contributed by atoms with Gasteiger partial charge in [0.15, 0.2) is 0 Å². The number of nitrogens with one attached hydrogen (secondary N) is 1. The van der Waals surface area contributed by atoms with Crippen LogP contribution >= 0.6 is 11.6 Å². The lowest BCUT2D eigenvalue weighted by Crippen LogP contribution is -2.53. The van der Waals surface area contributed by atoms with Crippen LogP contribution in [0.4, 0.5) is 5.69 Å². The molecule has 1 fully saturated rings. The number of nitrogens with zero attached hydrogens (tertiary/aromatic N) is 2. The Morgan fingerprint density at radius 3 is 2.20 bits per heavy atom. The maximum Gasteiger partial charge on any atom is 0.264 e. The maximum absolute atomic E-state index is 14.1. The van der Waals surface area contributed by atoms with Crippen LogP contribution in [0.5, 0.6) is 0 Å². The van der Waals surface area contributed by atoms with Crippen molar-refractivity contribution in [1.29, 1.82) is 0 Å². The molecule has 1 N–H and O–H groups in total. The van der Waals surface area contributed by atoms with Crippen LogP contribution in [0.15, 0.2) is 77.7 Å². The van der Waals surface area contributed by atoms with E-state index in [4.69, 9.17) is 11.6 Å². The van der Waals surface area contributed by atoms with Gasteiger partial charge in [-0.25, -0.2) is 8.42 Å². The number of para-hydroxylation sites is 1. The third kappa shape index (κ3) is 7.68. The third-order valence-corrected chi connectivity index (χ3v) is 9.68. The molecule has 218 valence electrons. The van der Waals surface area contributed by atoms with E-state index >= 15 is 0 Å². The van der Waals surface area contributed by atoms with Crippen LogP contribution in [-0.4, -0.2) is 43.8 Å². The van der Waals surface area contributed by atoms with Crippen molar-refractivity contribution in [1.82, 2.24) is 10.2 Å². The highest BCUT2D eigenvalue weighted by atomic mass is 35.5. The quantitative estimate of drug-likeness (QED) is 0.311. The molecule has 41 heavy (non-hydrogen) atoms. The highest BCUT2D eigenvalue weighted by Gasteiger charge is 2.33. The van der Waals surface area contributed by atoms with Gasteiger partial charge in [0.1, 0.15) is 12.6 Å². The Morgan fingerprint density at radius 2 is 1.56 bits per heavy atom. The molecular formula is C32H38ClN3O4S. The zero-order valence-electron chi connectivity index (χ0n) is 23.8. The van der Waals surface area contributed by atoms with Crippen LogP contribution in [0.3, 0.4) is 0 Å². The second kappa shape index (κ2) is 13.5. The van der Waals surface area contributed by atoms with Crippen LogP contribution in [0.25, 0.3) is 0 Å². The molecule has 1 aliphatic rings. The summed E-state index contributed by atoms with van der Waals surface area (Å²) in [6.07, 6.45) is 5.12. The molecule has 0 unspecified atom stereocenters. The monoisotopic (exact) mass is 595 g/mol. The molecule has 0 saturated heterocycles. The molecule has 0 aliphatic heterocycles. The molecule has 1 saturated carbocycles. The lowest BCUT2D eigenvalue weighted by molar-refractivity contribution is -0.139. The number of rotatable bonds is 10. The standard InChI is InChI=1S/C32H38ClN3O4S/c1-23-13-19-29(20-14-23)41(39,40)36(30-12-8-7-9-24(30)2)22-31(37)35(21-26-15-17-27(33)18-16-26)25(3)32(38)34-28-10-5-4-6-11-28/h7-9,12-20,25,28H,4-6,10-11,21-22H2,1-3H3,(H,34,38)/t25-/m0/s1. The summed E-state index contributed by atoms with van der Waals surface area (Å²) in [6, 6.07) is 20.0. The van der Waals surface area contributed by atoms with E-state index in [1.165, 1.54) is 4.90 Å². The van der Waals surface area contributed by atoms with Gasteiger partial charge in [0.2, 0.25) is 11.8 Å². The van der Waals surface area contributed by atoms with Crippen LogP contribution in [-0.2, 0) is 26.2 Å². The predicted octanol–water partition coefficient (Wildman–Crippen LogP) is 6.02. The molecule has 0 heterocycles. The number of halogens is 1. The summed E-state index contributed by atoms with van der Waals surface area (Å²) in [5, 5.41) is 3.68. The van der Waals surface area contributed by atoms with Gasteiger partial charge >= 0.3 is 0 Å². The van der Waals surface area contributed by atoms with Crippen molar-refractivity contribution in [2.45, 2.75) is 76.4 Å². The summed E-state index contributed by atoms with van der Waals surface area (Å²) in [5.74, 6) is -0.728. The van der Waals surface area contributed by atoms with Gasteiger partial charge in [-0.1, -0.05) is 78.9 Å². The molecule has 4 rings (SSSR count). The minimum Gasteiger partial charge on any atom is -0.352 e. The summed E-state index contributed by atoms with van der Waals surface area (Å²) in [7, 11) is -4.10. The number of carbonyl (C=O) groups is 2. The highest BCUT2D eigenvalue weighted by Crippen LogP contribution is 2.28. The first kappa shape index (κ1) is 30.6. The first-order valence-corrected chi connectivity index (χ1v) is 15.9. The number of hydrogen-bond donors (Lipinski definition) is 1.